The van der Waals surface area contributed by atoms with Crippen LogP contribution in [0.2, 0.25) is 0 Å². The number of nitrogens with zero attached hydrogens (tertiary/aromatic N) is 1. The van der Waals surface area contributed by atoms with Gasteiger partial charge in [-0.15, -0.1) is 0 Å². The van der Waals surface area contributed by atoms with Crippen molar-refractivity contribution in [3.8, 4) is 5.75 Å². The van der Waals surface area contributed by atoms with Gasteiger partial charge < -0.3 is 25.4 Å². The van der Waals surface area contributed by atoms with Crippen LogP contribution in [0.4, 0.5) is 10.5 Å². The number of piperidine rings is 1. The number of aryl methyl sites for hydroxylation is 1. The summed E-state index contributed by atoms with van der Waals surface area (Å²) in [6.45, 7) is 10.1. The molecule has 3 aliphatic rings. The number of hydrogen-bond acceptors (Lipinski definition) is 5. The van der Waals surface area contributed by atoms with Crippen molar-refractivity contribution in [2.75, 3.05) is 32.0 Å². The Morgan fingerprint density at radius 2 is 2.00 bits per heavy atom. The summed E-state index contributed by atoms with van der Waals surface area (Å²) in [4.78, 5) is 26.7. The van der Waals surface area contributed by atoms with Crippen LogP contribution in [0.3, 0.4) is 0 Å². The van der Waals surface area contributed by atoms with Crippen molar-refractivity contribution in [3.05, 3.63) is 22.8 Å². The molecule has 1 aromatic carbocycles. The van der Waals surface area contributed by atoms with Crippen LogP contribution in [0.1, 0.15) is 42.3 Å². The number of amides is 2. The molecule has 3 N–H and O–H groups in total. The molecule has 152 valence electrons. The van der Waals surface area contributed by atoms with Gasteiger partial charge >= 0.3 is 6.09 Å². The predicted octanol–water partition coefficient (Wildman–Crippen LogP) is 2.35. The zero-order valence-electron chi connectivity index (χ0n) is 17.0. The first kappa shape index (κ1) is 18.9. The van der Waals surface area contributed by atoms with E-state index in [4.69, 9.17) is 15.2 Å². The summed E-state index contributed by atoms with van der Waals surface area (Å²) >= 11 is 0. The largest absolute Gasteiger partial charge is 0.492 e. The smallest absolute Gasteiger partial charge is 0.410 e. The van der Waals surface area contributed by atoms with Crippen LogP contribution in [-0.4, -0.2) is 48.7 Å². The lowest BCUT2D eigenvalue weighted by molar-refractivity contribution is 0.0265. The third-order valence-electron chi connectivity index (χ3n) is 5.99. The fourth-order valence-electron chi connectivity index (χ4n) is 4.45. The number of nitrogens with two attached hydrogens (primary N) is 1. The van der Waals surface area contributed by atoms with Crippen LogP contribution < -0.4 is 15.8 Å². The van der Waals surface area contributed by atoms with Crippen molar-refractivity contribution in [1.82, 2.24) is 10.2 Å². The standard InChI is InChI=1S/C21H29N3O4/c1-11-7-13(18-12(17(11)22)5-6-27-18)19(25)23-8-14-15-9-24(10-16(14)15)20(26)28-21(2,3)4/h7,14-16H,5-6,8-10,22H2,1-4H3,(H,23,25). The molecular formula is C21H29N3O4. The molecule has 2 aliphatic heterocycles. The van der Waals surface area contributed by atoms with E-state index in [1.54, 1.807) is 4.90 Å². The molecule has 2 atom stereocenters. The highest BCUT2D eigenvalue weighted by Crippen LogP contribution is 2.51. The van der Waals surface area contributed by atoms with Crippen molar-refractivity contribution >= 4 is 17.7 Å². The van der Waals surface area contributed by atoms with Gasteiger partial charge in [0, 0.05) is 37.3 Å². The molecule has 4 rings (SSSR count). The summed E-state index contributed by atoms with van der Waals surface area (Å²) < 4.78 is 11.1. The summed E-state index contributed by atoms with van der Waals surface area (Å²) in [7, 11) is 0. The summed E-state index contributed by atoms with van der Waals surface area (Å²) in [5.74, 6) is 1.83. The van der Waals surface area contributed by atoms with Gasteiger partial charge in [-0.1, -0.05) is 0 Å². The maximum atomic E-state index is 12.7. The topological polar surface area (TPSA) is 93.9 Å². The van der Waals surface area contributed by atoms with Crippen LogP contribution in [-0.2, 0) is 11.2 Å². The molecule has 0 spiro atoms. The number of hydrogen-bond donors (Lipinski definition) is 2. The maximum Gasteiger partial charge on any atom is 0.410 e. The van der Waals surface area contributed by atoms with Gasteiger partial charge in [-0.2, -0.15) is 0 Å². The zero-order chi connectivity index (χ0) is 20.2. The molecule has 1 aliphatic carbocycles. The van der Waals surface area contributed by atoms with Crippen LogP contribution >= 0.6 is 0 Å². The average molecular weight is 387 g/mol. The van der Waals surface area contributed by atoms with E-state index in [9.17, 15) is 9.59 Å². The lowest BCUT2D eigenvalue weighted by Gasteiger charge is -2.26. The second kappa shape index (κ2) is 6.57. The van der Waals surface area contributed by atoms with Crippen LogP contribution in [0.25, 0.3) is 0 Å². The molecule has 0 radical (unpaired) electrons. The van der Waals surface area contributed by atoms with Crippen molar-refractivity contribution in [3.63, 3.8) is 0 Å². The lowest BCUT2D eigenvalue weighted by atomic mass is 10.0. The Labute approximate surface area is 165 Å². The van der Waals surface area contributed by atoms with E-state index >= 15 is 0 Å². The molecule has 2 fully saturated rings. The van der Waals surface area contributed by atoms with Crippen molar-refractivity contribution in [2.45, 2.75) is 39.7 Å². The average Bonchev–Trinajstić information content (AvgIpc) is 3.00. The number of nitrogen functional groups attached to an aromatic ring is 1. The highest BCUT2D eigenvalue weighted by atomic mass is 16.6. The van der Waals surface area contributed by atoms with E-state index in [1.807, 2.05) is 33.8 Å². The van der Waals surface area contributed by atoms with Crippen molar-refractivity contribution < 1.29 is 19.1 Å². The molecule has 2 unspecified atom stereocenters. The van der Waals surface area contributed by atoms with Crippen LogP contribution in [0.5, 0.6) is 5.75 Å². The molecule has 2 amide bonds. The first-order chi connectivity index (χ1) is 13.2. The number of anilines is 1. The van der Waals surface area contributed by atoms with E-state index in [0.717, 1.165) is 23.2 Å². The maximum absolute atomic E-state index is 12.7. The van der Waals surface area contributed by atoms with Gasteiger partial charge in [-0.05, 0) is 57.1 Å². The minimum Gasteiger partial charge on any atom is -0.492 e. The normalized spacial score (nSPS) is 25.0. The highest BCUT2D eigenvalue weighted by Gasteiger charge is 2.56. The SMILES string of the molecule is Cc1cc(C(=O)NCC2C3CN(C(=O)OC(C)(C)C)CC23)c2c(c1N)CCO2. The molecule has 2 heterocycles. The van der Waals surface area contributed by atoms with Crippen molar-refractivity contribution in [1.29, 1.82) is 0 Å². The second-order valence-electron chi connectivity index (χ2n) is 9.15. The molecule has 7 nitrogen and oxygen atoms in total. The van der Waals surface area contributed by atoms with E-state index in [0.29, 0.717) is 55.3 Å². The van der Waals surface area contributed by atoms with Crippen molar-refractivity contribution in [2.24, 2.45) is 17.8 Å². The Morgan fingerprint density at radius 1 is 1.32 bits per heavy atom. The van der Waals surface area contributed by atoms with Gasteiger partial charge in [0.1, 0.15) is 11.4 Å². The quantitative estimate of drug-likeness (QED) is 0.777. The van der Waals surface area contributed by atoms with Gasteiger partial charge in [-0.25, -0.2) is 4.79 Å². The van der Waals surface area contributed by atoms with Crippen LogP contribution in [0.15, 0.2) is 6.07 Å². The molecule has 1 aromatic rings. The summed E-state index contributed by atoms with van der Waals surface area (Å²) in [5, 5.41) is 3.05. The molecule has 28 heavy (non-hydrogen) atoms. The highest BCUT2D eigenvalue weighted by molar-refractivity contribution is 5.98. The van der Waals surface area contributed by atoms with Gasteiger partial charge in [0.2, 0.25) is 0 Å². The molecule has 7 heteroatoms. The third kappa shape index (κ3) is 3.38. The number of benzene rings is 1. The number of fused-ring (bicyclic) bond motifs is 2. The molecule has 0 aromatic heterocycles. The predicted molar refractivity (Wildman–Crippen MR) is 105 cm³/mol. The second-order valence-corrected chi connectivity index (χ2v) is 9.15. The van der Waals surface area contributed by atoms with E-state index in [1.165, 1.54) is 0 Å². The molecule has 1 saturated heterocycles. The summed E-state index contributed by atoms with van der Waals surface area (Å²) in [6, 6.07) is 1.81. The third-order valence-corrected chi connectivity index (χ3v) is 5.99. The monoisotopic (exact) mass is 387 g/mol. The fourth-order valence-corrected chi connectivity index (χ4v) is 4.45. The van der Waals surface area contributed by atoms with E-state index in [-0.39, 0.29) is 12.0 Å². The van der Waals surface area contributed by atoms with E-state index in [2.05, 4.69) is 5.32 Å². The first-order valence-electron chi connectivity index (χ1n) is 9.96. The number of likely N-dealkylation sites (tertiary alicyclic amines) is 1. The number of rotatable bonds is 3. The Morgan fingerprint density at radius 3 is 2.64 bits per heavy atom. The van der Waals surface area contributed by atoms with Crippen LogP contribution in [0, 0.1) is 24.7 Å². The zero-order valence-corrected chi connectivity index (χ0v) is 17.0. The minimum absolute atomic E-state index is 0.116. The molecular weight excluding hydrogens is 358 g/mol. The summed E-state index contributed by atoms with van der Waals surface area (Å²) in [6.07, 6.45) is 0.503. The fraction of sp³-hybridized carbons (Fsp3) is 0.619. The number of carbonyl (C=O) groups is 2. The van der Waals surface area contributed by atoms with Gasteiger partial charge in [0.25, 0.3) is 5.91 Å². The van der Waals surface area contributed by atoms with E-state index < -0.39 is 5.60 Å². The van der Waals surface area contributed by atoms with Gasteiger partial charge in [-0.3, -0.25) is 4.79 Å². The Balaban J connectivity index is 1.31. The Hall–Kier alpha value is -2.44. The number of carbonyl (C=O) groups excluding carboxylic acids is 2. The summed E-state index contributed by atoms with van der Waals surface area (Å²) in [5.41, 5.74) is 8.79. The molecule has 0 bridgehead atoms. The van der Waals surface area contributed by atoms with Gasteiger partial charge in [0.15, 0.2) is 0 Å². The number of ether oxygens (including phenoxy) is 2. The number of nitrogens with one attached hydrogen (secondary N) is 1. The first-order valence-corrected chi connectivity index (χ1v) is 9.96. The molecule has 1 saturated carbocycles. The van der Waals surface area contributed by atoms with Gasteiger partial charge in [0.05, 0.1) is 12.2 Å². The minimum atomic E-state index is -0.475. The Bertz CT molecular complexity index is 818. The lowest BCUT2D eigenvalue weighted by Crippen LogP contribution is -2.38. The Kier molecular flexibility index (Phi) is 4.43.